The fourth-order valence-corrected chi connectivity index (χ4v) is 6.17. The third kappa shape index (κ3) is 3.98. The number of rotatable bonds is 7. The Balaban J connectivity index is 1.46. The molecule has 0 aromatic carbocycles. The van der Waals surface area contributed by atoms with Gasteiger partial charge in [0.25, 0.3) is 0 Å². The molecular weight excluding hydrogens is 368 g/mol. The summed E-state index contributed by atoms with van der Waals surface area (Å²) in [5.74, 6) is 1.04. The molecule has 0 amide bonds. The first-order valence-corrected chi connectivity index (χ1v) is 11.4. The maximum atomic E-state index is 6.35. The SMILES string of the molecule is COc1c(C)csc1CNCC[C@@]1(c2ccccn2)CCOC2(CCCC2)C1. The zero-order valence-corrected chi connectivity index (χ0v) is 17.9. The molecule has 1 N–H and O–H groups in total. The highest BCUT2D eigenvalue weighted by molar-refractivity contribution is 7.10. The van der Waals surface area contributed by atoms with Gasteiger partial charge in [0.05, 0.1) is 17.6 Å². The average Bonchev–Trinajstić information content (AvgIpc) is 3.32. The van der Waals surface area contributed by atoms with Gasteiger partial charge in [-0.1, -0.05) is 18.9 Å². The van der Waals surface area contributed by atoms with E-state index < -0.39 is 0 Å². The van der Waals surface area contributed by atoms with Crippen LogP contribution in [0.3, 0.4) is 0 Å². The van der Waals surface area contributed by atoms with Gasteiger partial charge in [0, 0.05) is 36.0 Å². The normalized spacial score (nSPS) is 23.9. The van der Waals surface area contributed by atoms with Crippen molar-refractivity contribution in [3.05, 3.63) is 45.9 Å². The van der Waals surface area contributed by atoms with Crippen molar-refractivity contribution in [3.8, 4) is 5.75 Å². The zero-order valence-electron chi connectivity index (χ0n) is 17.1. The van der Waals surface area contributed by atoms with Crippen LogP contribution in [0.25, 0.3) is 0 Å². The first kappa shape index (κ1) is 19.9. The van der Waals surface area contributed by atoms with Crippen molar-refractivity contribution in [2.75, 3.05) is 20.3 Å². The van der Waals surface area contributed by atoms with Crippen molar-refractivity contribution in [2.24, 2.45) is 0 Å². The van der Waals surface area contributed by atoms with Gasteiger partial charge in [-0.2, -0.15) is 0 Å². The van der Waals surface area contributed by atoms with Crippen LogP contribution in [0.2, 0.25) is 0 Å². The minimum Gasteiger partial charge on any atom is -0.495 e. The van der Waals surface area contributed by atoms with Crippen molar-refractivity contribution in [2.45, 2.75) is 69.4 Å². The van der Waals surface area contributed by atoms with Gasteiger partial charge in [0.15, 0.2) is 0 Å². The molecule has 1 atom stereocenters. The number of ether oxygens (including phenoxy) is 2. The molecular formula is C23H32N2O2S. The fourth-order valence-electron chi connectivity index (χ4n) is 5.21. The Labute approximate surface area is 172 Å². The van der Waals surface area contributed by atoms with Crippen molar-refractivity contribution in [3.63, 3.8) is 0 Å². The minimum absolute atomic E-state index is 0.0872. The first-order chi connectivity index (χ1) is 13.7. The van der Waals surface area contributed by atoms with E-state index in [1.807, 2.05) is 12.3 Å². The van der Waals surface area contributed by atoms with Crippen LogP contribution in [-0.2, 0) is 16.7 Å². The molecule has 152 valence electrons. The first-order valence-electron chi connectivity index (χ1n) is 10.5. The van der Waals surface area contributed by atoms with Gasteiger partial charge in [-0.25, -0.2) is 0 Å². The van der Waals surface area contributed by atoms with Crippen LogP contribution >= 0.6 is 11.3 Å². The predicted molar refractivity (Wildman–Crippen MR) is 114 cm³/mol. The highest BCUT2D eigenvalue weighted by Gasteiger charge is 2.48. The van der Waals surface area contributed by atoms with Crippen LogP contribution in [0, 0.1) is 6.92 Å². The van der Waals surface area contributed by atoms with Crippen LogP contribution in [0.4, 0.5) is 0 Å². The van der Waals surface area contributed by atoms with E-state index in [4.69, 9.17) is 14.5 Å². The van der Waals surface area contributed by atoms with Crippen LogP contribution in [0.5, 0.6) is 5.75 Å². The number of nitrogens with one attached hydrogen (secondary N) is 1. The van der Waals surface area contributed by atoms with Crippen molar-refractivity contribution in [1.82, 2.24) is 10.3 Å². The number of methoxy groups -OCH3 is 1. The Bertz CT molecular complexity index is 770. The number of hydrogen-bond acceptors (Lipinski definition) is 5. The Morgan fingerprint density at radius 1 is 1.25 bits per heavy atom. The van der Waals surface area contributed by atoms with Crippen molar-refractivity contribution < 1.29 is 9.47 Å². The molecule has 28 heavy (non-hydrogen) atoms. The molecule has 2 aromatic rings. The zero-order chi connectivity index (χ0) is 19.5. The molecule has 2 aromatic heterocycles. The summed E-state index contributed by atoms with van der Waals surface area (Å²) < 4.78 is 11.9. The highest BCUT2D eigenvalue weighted by Crippen LogP contribution is 2.49. The number of thiophene rings is 1. The number of pyridine rings is 1. The molecule has 4 nitrogen and oxygen atoms in total. The average molecular weight is 401 g/mol. The summed E-state index contributed by atoms with van der Waals surface area (Å²) in [5.41, 5.74) is 2.67. The standard InChI is InChI=1S/C23H32N2O2S/c1-18-16-28-19(21(18)26-2)15-24-13-10-22(20-7-3-6-12-25-20)11-14-27-23(17-22)8-4-5-9-23/h3,6-7,12,16,24H,4-5,8-11,13-15,17H2,1-2H3/t22-/m1/s1. The molecule has 1 aliphatic heterocycles. The molecule has 2 fully saturated rings. The van der Waals surface area contributed by atoms with Crippen LogP contribution in [0.15, 0.2) is 29.8 Å². The maximum Gasteiger partial charge on any atom is 0.136 e. The Kier molecular flexibility index (Phi) is 6.04. The Hall–Kier alpha value is -1.43. The summed E-state index contributed by atoms with van der Waals surface area (Å²) in [7, 11) is 1.76. The molecule has 2 aliphatic rings. The number of nitrogens with zero attached hydrogens (tertiary/aromatic N) is 1. The lowest BCUT2D eigenvalue weighted by atomic mass is 9.68. The summed E-state index contributed by atoms with van der Waals surface area (Å²) in [6, 6.07) is 6.37. The quantitative estimate of drug-likeness (QED) is 0.664. The van der Waals surface area contributed by atoms with Gasteiger partial charge in [-0.15, -0.1) is 11.3 Å². The lowest BCUT2D eigenvalue weighted by molar-refractivity contribution is -0.104. The predicted octanol–water partition coefficient (Wildman–Crippen LogP) is 5.00. The minimum atomic E-state index is 0.0872. The Morgan fingerprint density at radius 2 is 2.11 bits per heavy atom. The van der Waals surface area contributed by atoms with E-state index in [1.54, 1.807) is 18.4 Å². The molecule has 4 rings (SSSR count). The van der Waals surface area contributed by atoms with E-state index >= 15 is 0 Å². The fraction of sp³-hybridized carbons (Fsp3) is 0.609. The lowest BCUT2D eigenvalue weighted by Gasteiger charge is -2.46. The second-order valence-electron chi connectivity index (χ2n) is 8.46. The molecule has 1 spiro atoms. The second-order valence-corrected chi connectivity index (χ2v) is 9.43. The molecule has 1 aliphatic carbocycles. The van der Waals surface area contributed by atoms with Gasteiger partial charge in [-0.3, -0.25) is 4.98 Å². The van der Waals surface area contributed by atoms with Gasteiger partial charge >= 0.3 is 0 Å². The van der Waals surface area contributed by atoms with E-state index in [-0.39, 0.29) is 11.0 Å². The molecule has 1 saturated heterocycles. The largest absolute Gasteiger partial charge is 0.495 e. The smallest absolute Gasteiger partial charge is 0.136 e. The van der Waals surface area contributed by atoms with Gasteiger partial charge in [-0.05, 0) is 63.1 Å². The van der Waals surface area contributed by atoms with E-state index in [0.29, 0.717) is 0 Å². The van der Waals surface area contributed by atoms with E-state index in [9.17, 15) is 0 Å². The maximum absolute atomic E-state index is 6.35. The number of aryl methyl sites for hydroxylation is 1. The van der Waals surface area contributed by atoms with Gasteiger partial charge in [0.1, 0.15) is 5.75 Å². The second kappa shape index (κ2) is 8.52. The number of hydrogen-bond donors (Lipinski definition) is 1. The molecule has 3 heterocycles. The monoisotopic (exact) mass is 400 g/mol. The summed E-state index contributed by atoms with van der Waals surface area (Å²) in [4.78, 5) is 6.08. The Morgan fingerprint density at radius 3 is 2.86 bits per heavy atom. The van der Waals surface area contributed by atoms with Crippen LogP contribution < -0.4 is 10.1 Å². The van der Waals surface area contributed by atoms with Gasteiger partial charge in [0.2, 0.25) is 0 Å². The number of aromatic nitrogens is 1. The van der Waals surface area contributed by atoms with E-state index in [0.717, 1.165) is 44.7 Å². The molecule has 5 heteroatoms. The lowest BCUT2D eigenvalue weighted by Crippen LogP contribution is -2.47. The third-order valence-electron chi connectivity index (χ3n) is 6.63. The molecule has 0 radical (unpaired) electrons. The molecule has 0 bridgehead atoms. The summed E-state index contributed by atoms with van der Waals surface area (Å²) in [5, 5.41) is 5.85. The topological polar surface area (TPSA) is 43.4 Å². The van der Waals surface area contributed by atoms with Crippen LogP contribution in [0.1, 0.15) is 61.1 Å². The summed E-state index contributed by atoms with van der Waals surface area (Å²) in [6.07, 6.45) is 10.2. The summed E-state index contributed by atoms with van der Waals surface area (Å²) in [6.45, 7) is 4.81. The van der Waals surface area contributed by atoms with E-state index in [2.05, 4.69) is 29.8 Å². The van der Waals surface area contributed by atoms with Crippen molar-refractivity contribution in [1.29, 1.82) is 0 Å². The van der Waals surface area contributed by atoms with Gasteiger partial charge < -0.3 is 14.8 Å². The summed E-state index contributed by atoms with van der Waals surface area (Å²) >= 11 is 1.78. The van der Waals surface area contributed by atoms with Crippen LogP contribution in [-0.4, -0.2) is 30.8 Å². The molecule has 0 unspecified atom stereocenters. The molecule has 1 saturated carbocycles. The highest BCUT2D eigenvalue weighted by atomic mass is 32.1. The third-order valence-corrected chi connectivity index (χ3v) is 7.72. The van der Waals surface area contributed by atoms with E-state index in [1.165, 1.54) is 41.8 Å². The van der Waals surface area contributed by atoms with Crippen molar-refractivity contribution >= 4 is 11.3 Å².